The van der Waals surface area contributed by atoms with Gasteiger partial charge in [0.2, 0.25) is 0 Å². The fourth-order valence-corrected chi connectivity index (χ4v) is 2.84. The van der Waals surface area contributed by atoms with Crippen LogP contribution in [0.4, 0.5) is 0 Å². The lowest BCUT2D eigenvalue weighted by Crippen LogP contribution is -2.21. The van der Waals surface area contributed by atoms with Gasteiger partial charge in [0, 0.05) is 28.9 Å². The van der Waals surface area contributed by atoms with Gasteiger partial charge >= 0.3 is 0 Å². The molecule has 0 aliphatic heterocycles. The van der Waals surface area contributed by atoms with Gasteiger partial charge in [-0.1, -0.05) is 40.9 Å². The summed E-state index contributed by atoms with van der Waals surface area (Å²) in [5.74, 6) is 0.703. The van der Waals surface area contributed by atoms with Gasteiger partial charge in [-0.3, -0.25) is 4.21 Å². The van der Waals surface area contributed by atoms with Crippen LogP contribution in [0.2, 0.25) is 15.1 Å². The molecule has 0 heterocycles. The summed E-state index contributed by atoms with van der Waals surface area (Å²) in [6, 6.07) is 3.69. The van der Waals surface area contributed by atoms with Gasteiger partial charge in [0.25, 0.3) is 0 Å². The van der Waals surface area contributed by atoms with Crippen molar-refractivity contribution in [2.75, 3.05) is 18.6 Å². The maximum Gasteiger partial charge on any atom is 0.0781 e. The Kier molecular flexibility index (Phi) is 6.96. The largest absolute Gasteiger partial charge is 0.310 e. The van der Waals surface area contributed by atoms with Gasteiger partial charge in [-0.2, -0.15) is 0 Å². The van der Waals surface area contributed by atoms with Crippen LogP contribution >= 0.6 is 34.8 Å². The minimum atomic E-state index is -0.741. The van der Waals surface area contributed by atoms with Gasteiger partial charge in [0.1, 0.15) is 0 Å². The Balaban J connectivity index is 2.59. The zero-order valence-electron chi connectivity index (χ0n) is 10.3. The van der Waals surface area contributed by atoms with Crippen molar-refractivity contribution in [3.05, 3.63) is 32.8 Å². The molecule has 0 amide bonds. The lowest BCUT2D eigenvalue weighted by molar-refractivity contribution is 0.571. The van der Waals surface area contributed by atoms with E-state index in [1.807, 2.05) is 13.0 Å². The molecule has 0 radical (unpaired) electrons. The first-order valence-electron chi connectivity index (χ1n) is 5.60. The lowest BCUT2D eigenvalue weighted by Gasteiger charge is -2.16. The van der Waals surface area contributed by atoms with Gasteiger partial charge in [-0.05, 0) is 31.5 Å². The quantitative estimate of drug-likeness (QED) is 0.630. The molecule has 0 aliphatic rings. The molecule has 6 heteroatoms. The van der Waals surface area contributed by atoms with Gasteiger partial charge in [0.15, 0.2) is 0 Å². The Labute approximate surface area is 125 Å². The van der Waals surface area contributed by atoms with Crippen molar-refractivity contribution in [2.24, 2.45) is 0 Å². The Bertz CT molecular complexity index is 440. The van der Waals surface area contributed by atoms with Crippen LogP contribution in [0.15, 0.2) is 12.1 Å². The summed E-state index contributed by atoms with van der Waals surface area (Å²) < 4.78 is 10.9. The second kappa shape index (κ2) is 7.71. The number of benzene rings is 1. The van der Waals surface area contributed by atoms with Gasteiger partial charge < -0.3 is 5.32 Å². The monoisotopic (exact) mass is 327 g/mol. The van der Waals surface area contributed by atoms with Crippen molar-refractivity contribution in [3.63, 3.8) is 0 Å². The second-order valence-corrected chi connectivity index (χ2v) is 6.79. The molecular weight excluding hydrogens is 313 g/mol. The molecule has 1 N–H and O–H groups in total. The zero-order valence-corrected chi connectivity index (χ0v) is 13.4. The smallest absolute Gasteiger partial charge is 0.0781 e. The van der Waals surface area contributed by atoms with Gasteiger partial charge in [-0.25, -0.2) is 0 Å². The van der Waals surface area contributed by atoms with Crippen molar-refractivity contribution in [1.29, 1.82) is 0 Å². The fraction of sp³-hybridized carbons (Fsp3) is 0.500. The number of hydrogen-bond donors (Lipinski definition) is 1. The highest BCUT2D eigenvalue weighted by Crippen LogP contribution is 2.35. The van der Waals surface area contributed by atoms with E-state index in [-0.39, 0.29) is 6.04 Å². The fourth-order valence-electron chi connectivity index (χ4n) is 1.58. The molecular formula is C12H16Cl3NOS. The van der Waals surface area contributed by atoms with Crippen LogP contribution in [0.3, 0.4) is 0 Å². The molecule has 0 bridgehead atoms. The van der Waals surface area contributed by atoms with Crippen LogP contribution in [0.25, 0.3) is 0 Å². The average molecular weight is 329 g/mol. The Morgan fingerprint density at radius 3 is 2.56 bits per heavy atom. The minimum absolute atomic E-state index is 0.0811. The summed E-state index contributed by atoms with van der Waals surface area (Å²) >= 11 is 18.0. The molecule has 18 heavy (non-hydrogen) atoms. The molecule has 0 spiro atoms. The Morgan fingerprint density at radius 2 is 1.94 bits per heavy atom. The maximum atomic E-state index is 10.9. The summed E-state index contributed by atoms with van der Waals surface area (Å²) in [4.78, 5) is 0. The van der Waals surface area contributed by atoms with Crippen molar-refractivity contribution in [2.45, 2.75) is 19.4 Å². The van der Waals surface area contributed by atoms with Crippen molar-refractivity contribution >= 4 is 45.6 Å². The van der Waals surface area contributed by atoms with Crippen LogP contribution in [0.1, 0.15) is 24.9 Å². The van der Waals surface area contributed by atoms with Crippen LogP contribution in [-0.2, 0) is 10.8 Å². The molecule has 0 saturated heterocycles. The Morgan fingerprint density at radius 1 is 1.28 bits per heavy atom. The molecule has 1 rings (SSSR count). The zero-order chi connectivity index (χ0) is 13.7. The minimum Gasteiger partial charge on any atom is -0.310 e. The van der Waals surface area contributed by atoms with E-state index in [0.717, 1.165) is 18.5 Å². The van der Waals surface area contributed by atoms with E-state index in [4.69, 9.17) is 34.8 Å². The summed E-state index contributed by atoms with van der Waals surface area (Å²) in [6.07, 6.45) is 2.58. The van der Waals surface area contributed by atoms with E-state index in [1.54, 1.807) is 12.3 Å². The first-order chi connectivity index (χ1) is 8.43. The molecule has 2 atom stereocenters. The van der Waals surface area contributed by atoms with E-state index < -0.39 is 10.8 Å². The molecule has 2 unspecified atom stereocenters. The lowest BCUT2D eigenvalue weighted by atomic mass is 10.1. The topological polar surface area (TPSA) is 29.1 Å². The summed E-state index contributed by atoms with van der Waals surface area (Å²) in [5, 5.41) is 4.66. The predicted octanol–water partition coefficient (Wildman–Crippen LogP) is 4.07. The average Bonchev–Trinajstić information content (AvgIpc) is 2.31. The SMILES string of the molecule is CC(NCCCS(C)=O)c1ccc(Cl)c(Cl)c1Cl. The highest BCUT2D eigenvalue weighted by Gasteiger charge is 2.13. The number of rotatable bonds is 6. The summed E-state index contributed by atoms with van der Waals surface area (Å²) in [5.41, 5.74) is 0.920. The number of halogens is 3. The van der Waals surface area contributed by atoms with Crippen molar-refractivity contribution in [1.82, 2.24) is 5.32 Å². The third-order valence-corrected chi connectivity index (χ3v) is 4.76. The second-order valence-electron chi connectivity index (χ2n) is 4.07. The maximum absolute atomic E-state index is 10.9. The van der Waals surface area contributed by atoms with E-state index in [9.17, 15) is 4.21 Å². The van der Waals surface area contributed by atoms with E-state index in [2.05, 4.69) is 5.32 Å². The highest BCUT2D eigenvalue weighted by molar-refractivity contribution is 7.84. The molecule has 102 valence electrons. The summed E-state index contributed by atoms with van der Waals surface area (Å²) in [7, 11) is -0.741. The first kappa shape index (κ1) is 16.3. The third-order valence-electron chi connectivity index (χ3n) is 2.59. The first-order valence-corrected chi connectivity index (χ1v) is 8.46. The molecule has 0 aliphatic carbocycles. The van der Waals surface area contributed by atoms with Crippen molar-refractivity contribution in [3.8, 4) is 0 Å². The Hall–Kier alpha value is 0.200. The van der Waals surface area contributed by atoms with Crippen LogP contribution in [0, 0.1) is 0 Å². The third kappa shape index (κ3) is 4.71. The molecule has 0 aromatic heterocycles. The normalized spacial score (nSPS) is 14.5. The predicted molar refractivity (Wildman–Crippen MR) is 81.4 cm³/mol. The molecule has 2 nitrogen and oxygen atoms in total. The number of hydrogen-bond acceptors (Lipinski definition) is 2. The van der Waals surface area contributed by atoms with E-state index >= 15 is 0 Å². The van der Waals surface area contributed by atoms with Crippen molar-refractivity contribution < 1.29 is 4.21 Å². The van der Waals surface area contributed by atoms with Gasteiger partial charge in [-0.15, -0.1) is 0 Å². The van der Waals surface area contributed by atoms with Crippen LogP contribution in [0.5, 0.6) is 0 Å². The van der Waals surface area contributed by atoms with E-state index in [0.29, 0.717) is 20.8 Å². The number of nitrogens with one attached hydrogen (secondary N) is 1. The van der Waals surface area contributed by atoms with Crippen LogP contribution in [-0.4, -0.2) is 22.8 Å². The van der Waals surface area contributed by atoms with Gasteiger partial charge in [0.05, 0.1) is 15.1 Å². The summed E-state index contributed by atoms with van der Waals surface area (Å²) in [6.45, 7) is 2.80. The van der Waals surface area contributed by atoms with Crippen LogP contribution < -0.4 is 5.32 Å². The molecule has 0 saturated carbocycles. The molecule has 0 fully saturated rings. The molecule has 1 aromatic carbocycles. The van der Waals surface area contributed by atoms with E-state index in [1.165, 1.54) is 0 Å². The highest BCUT2D eigenvalue weighted by atomic mass is 35.5. The molecule has 1 aromatic rings. The standard InChI is InChI=1S/C12H16Cl3NOS/c1-8(16-6-3-7-18(2)17)9-4-5-10(13)12(15)11(9)14/h4-5,8,16H,3,6-7H2,1-2H3.